The van der Waals surface area contributed by atoms with Gasteiger partial charge in [-0.15, -0.1) is 23.4 Å². The zero-order valence-corrected chi connectivity index (χ0v) is 13.0. The summed E-state index contributed by atoms with van der Waals surface area (Å²) in [6.45, 7) is 4.95. The van der Waals surface area contributed by atoms with E-state index in [9.17, 15) is 4.79 Å². The lowest BCUT2D eigenvalue weighted by Gasteiger charge is -2.24. The molecule has 1 atom stereocenters. The van der Waals surface area contributed by atoms with Gasteiger partial charge in [-0.05, 0) is 23.5 Å². The van der Waals surface area contributed by atoms with Crippen LogP contribution in [0.3, 0.4) is 0 Å². The second-order valence-electron chi connectivity index (χ2n) is 5.72. The highest BCUT2D eigenvalue weighted by molar-refractivity contribution is 7.99. The maximum Gasteiger partial charge on any atom is 0.228 e. The number of rotatable bonds is 5. The first kappa shape index (κ1) is 14.7. The molecule has 1 aromatic rings. The van der Waals surface area contributed by atoms with Gasteiger partial charge < -0.3 is 5.32 Å². The Morgan fingerprint density at radius 2 is 2.21 bits per heavy atom. The molecule has 4 heteroatoms. The van der Waals surface area contributed by atoms with Crippen LogP contribution in [0.1, 0.15) is 31.7 Å². The van der Waals surface area contributed by atoms with Crippen LogP contribution in [0.2, 0.25) is 0 Å². The molecule has 0 spiro atoms. The molecule has 0 saturated carbocycles. The molecule has 19 heavy (non-hydrogen) atoms. The van der Waals surface area contributed by atoms with E-state index in [1.54, 1.807) is 11.8 Å². The van der Waals surface area contributed by atoms with Gasteiger partial charge in [0.15, 0.2) is 0 Å². The molecule has 0 saturated heterocycles. The van der Waals surface area contributed by atoms with Crippen LogP contribution >= 0.6 is 23.4 Å². The molecule has 0 fully saturated rings. The van der Waals surface area contributed by atoms with E-state index in [4.69, 9.17) is 11.6 Å². The molecule has 104 valence electrons. The van der Waals surface area contributed by atoms with E-state index in [0.29, 0.717) is 12.4 Å². The van der Waals surface area contributed by atoms with E-state index in [-0.39, 0.29) is 17.2 Å². The molecule has 0 aliphatic carbocycles. The lowest BCUT2D eigenvalue weighted by molar-refractivity contribution is -0.122. The van der Waals surface area contributed by atoms with Crippen LogP contribution in [0, 0.1) is 5.41 Å². The van der Waals surface area contributed by atoms with Gasteiger partial charge in [-0.1, -0.05) is 32.0 Å². The molecule has 0 aromatic heterocycles. The Hall–Kier alpha value is -0.670. The maximum atomic E-state index is 12.3. The van der Waals surface area contributed by atoms with E-state index in [2.05, 4.69) is 31.3 Å². The molecular formula is C15H20ClNOS. The first-order valence-electron chi connectivity index (χ1n) is 6.59. The number of amides is 1. The summed E-state index contributed by atoms with van der Waals surface area (Å²) >= 11 is 7.55. The number of hydrogen-bond donors (Lipinski definition) is 1. The Morgan fingerprint density at radius 1 is 1.47 bits per heavy atom. The molecule has 1 aromatic carbocycles. The highest BCUT2D eigenvalue weighted by Crippen LogP contribution is 2.39. The molecule has 1 amide bonds. The Kier molecular flexibility index (Phi) is 4.80. The largest absolute Gasteiger partial charge is 0.355 e. The fourth-order valence-corrected chi connectivity index (χ4v) is 3.91. The first-order valence-corrected chi connectivity index (χ1v) is 8.11. The van der Waals surface area contributed by atoms with Gasteiger partial charge in [0.05, 0.1) is 5.92 Å². The Labute approximate surface area is 124 Å². The van der Waals surface area contributed by atoms with Gasteiger partial charge in [0, 0.05) is 23.1 Å². The number of carbonyl (C=O) groups excluding carboxylic acids is 1. The van der Waals surface area contributed by atoms with Crippen LogP contribution in [0.4, 0.5) is 0 Å². The molecule has 2 nitrogen and oxygen atoms in total. The number of hydrogen-bond acceptors (Lipinski definition) is 2. The average molecular weight is 298 g/mol. The molecule has 2 rings (SSSR count). The minimum atomic E-state index is -0.00648. The second kappa shape index (κ2) is 6.19. The van der Waals surface area contributed by atoms with Crippen molar-refractivity contribution in [2.45, 2.75) is 31.1 Å². The molecule has 0 radical (unpaired) electrons. The SMILES string of the molecule is CC(C)(CCCl)CNC(=O)C1CSc2ccccc21. The third kappa shape index (κ3) is 3.67. The first-order chi connectivity index (χ1) is 9.03. The summed E-state index contributed by atoms with van der Waals surface area (Å²) in [5.74, 6) is 1.61. The standard InChI is InChI=1S/C15H20ClNOS/c1-15(2,7-8-16)10-17-14(18)12-9-19-13-6-4-3-5-11(12)13/h3-6,12H,7-10H2,1-2H3,(H,17,18). The molecule has 1 aliphatic heterocycles. The predicted molar refractivity (Wildman–Crippen MR) is 82.0 cm³/mol. The van der Waals surface area contributed by atoms with Gasteiger partial charge in [0.25, 0.3) is 0 Å². The summed E-state index contributed by atoms with van der Waals surface area (Å²) < 4.78 is 0. The van der Waals surface area contributed by atoms with Crippen molar-refractivity contribution in [3.05, 3.63) is 29.8 Å². The number of fused-ring (bicyclic) bond motifs is 1. The zero-order chi connectivity index (χ0) is 13.9. The van der Waals surface area contributed by atoms with Crippen LogP contribution in [0.25, 0.3) is 0 Å². The normalized spacial score (nSPS) is 18.2. The zero-order valence-electron chi connectivity index (χ0n) is 11.4. The van der Waals surface area contributed by atoms with Gasteiger partial charge in [-0.2, -0.15) is 0 Å². The van der Waals surface area contributed by atoms with Crippen LogP contribution < -0.4 is 5.32 Å². The molecule has 1 N–H and O–H groups in total. The second-order valence-corrected chi connectivity index (χ2v) is 7.16. The predicted octanol–water partition coefficient (Wildman–Crippen LogP) is 3.65. The van der Waals surface area contributed by atoms with Gasteiger partial charge in [-0.25, -0.2) is 0 Å². The third-order valence-corrected chi connectivity index (χ3v) is 4.90. The summed E-state index contributed by atoms with van der Waals surface area (Å²) in [6.07, 6.45) is 0.908. The van der Waals surface area contributed by atoms with Gasteiger partial charge in [-0.3, -0.25) is 4.79 Å². The highest BCUT2D eigenvalue weighted by Gasteiger charge is 2.29. The Balaban J connectivity index is 1.95. The summed E-state index contributed by atoms with van der Waals surface area (Å²) in [6, 6.07) is 8.17. The van der Waals surface area contributed by atoms with Crippen molar-refractivity contribution >= 4 is 29.3 Å². The van der Waals surface area contributed by atoms with Crippen molar-refractivity contribution in [3.8, 4) is 0 Å². The summed E-state index contributed by atoms with van der Waals surface area (Å²) in [5.41, 5.74) is 1.23. The Bertz CT molecular complexity index is 461. The van der Waals surface area contributed by atoms with E-state index < -0.39 is 0 Å². The van der Waals surface area contributed by atoms with Crippen molar-refractivity contribution < 1.29 is 4.79 Å². The van der Waals surface area contributed by atoms with Crippen LogP contribution in [0.15, 0.2) is 29.2 Å². The molecule has 1 heterocycles. The third-order valence-electron chi connectivity index (χ3n) is 3.53. The lowest BCUT2D eigenvalue weighted by atomic mass is 9.90. The van der Waals surface area contributed by atoms with E-state index in [1.165, 1.54) is 10.5 Å². The summed E-state index contributed by atoms with van der Waals surface area (Å²) in [5, 5.41) is 3.08. The van der Waals surface area contributed by atoms with Gasteiger partial charge in [0.1, 0.15) is 0 Å². The van der Waals surface area contributed by atoms with Crippen molar-refractivity contribution in [2.75, 3.05) is 18.2 Å². The number of carbonyl (C=O) groups is 1. The fraction of sp³-hybridized carbons (Fsp3) is 0.533. The molecule has 0 bridgehead atoms. The molecule has 1 aliphatic rings. The van der Waals surface area contributed by atoms with Gasteiger partial charge in [0.2, 0.25) is 5.91 Å². The number of alkyl halides is 1. The van der Waals surface area contributed by atoms with Crippen LogP contribution in [-0.2, 0) is 4.79 Å². The highest BCUT2D eigenvalue weighted by atomic mass is 35.5. The maximum absolute atomic E-state index is 12.3. The van der Waals surface area contributed by atoms with Crippen LogP contribution in [-0.4, -0.2) is 24.1 Å². The van der Waals surface area contributed by atoms with E-state index >= 15 is 0 Å². The summed E-state index contributed by atoms with van der Waals surface area (Å²) in [7, 11) is 0. The number of nitrogens with one attached hydrogen (secondary N) is 1. The monoisotopic (exact) mass is 297 g/mol. The van der Waals surface area contributed by atoms with Crippen molar-refractivity contribution in [1.82, 2.24) is 5.32 Å². The fourth-order valence-electron chi connectivity index (χ4n) is 2.17. The van der Waals surface area contributed by atoms with E-state index in [0.717, 1.165) is 12.2 Å². The van der Waals surface area contributed by atoms with Gasteiger partial charge >= 0.3 is 0 Å². The van der Waals surface area contributed by atoms with Crippen molar-refractivity contribution in [2.24, 2.45) is 5.41 Å². The lowest BCUT2D eigenvalue weighted by Crippen LogP contribution is -2.37. The quantitative estimate of drug-likeness (QED) is 0.841. The van der Waals surface area contributed by atoms with Crippen molar-refractivity contribution in [1.29, 1.82) is 0 Å². The smallest absolute Gasteiger partial charge is 0.228 e. The Morgan fingerprint density at radius 3 is 2.95 bits per heavy atom. The number of thioether (sulfide) groups is 1. The molecule has 1 unspecified atom stereocenters. The van der Waals surface area contributed by atoms with E-state index in [1.807, 2.05) is 12.1 Å². The summed E-state index contributed by atoms with van der Waals surface area (Å²) in [4.78, 5) is 13.5. The number of benzene rings is 1. The van der Waals surface area contributed by atoms with Crippen LogP contribution in [0.5, 0.6) is 0 Å². The molecular weight excluding hydrogens is 278 g/mol. The number of halogens is 1. The minimum absolute atomic E-state index is 0.00648. The topological polar surface area (TPSA) is 29.1 Å². The average Bonchev–Trinajstić information content (AvgIpc) is 2.80. The van der Waals surface area contributed by atoms with Crippen molar-refractivity contribution in [3.63, 3.8) is 0 Å². The minimum Gasteiger partial charge on any atom is -0.355 e.